The smallest absolute Gasteiger partial charge is 0.408 e. The molecule has 0 aliphatic rings. The number of Topliss-reactive ketones (excluding diaryl/α,β-unsaturated/α-hetero) is 2. The standard InChI is InChI=1S/C47H70F2N2O10/c1-11-12-13-14-15-16-41(54)59-42(39(51-44(56)61-46(5,6)7)31-58-30-32-17-20-37(57-10)21-18-32)40(53)24-26-47(8,9)25-23-36(52)29-35(50-43(55)60-45(2,3)4)28-33-27-34(48)19-22-38(33)49/h17-22,27,35,39,42H,11-16,23-26,28-31H2,1-10H3,(H,50,55)(H,51,56). The number of amides is 2. The molecule has 0 fully saturated rings. The van der Waals surface area contributed by atoms with Crippen LogP contribution < -0.4 is 15.4 Å². The molecule has 14 heteroatoms. The van der Waals surface area contributed by atoms with Gasteiger partial charge in [-0.2, -0.15) is 0 Å². The van der Waals surface area contributed by atoms with Crippen molar-refractivity contribution in [3.8, 4) is 5.75 Å². The summed E-state index contributed by atoms with van der Waals surface area (Å²) in [4.78, 5) is 66.5. The van der Waals surface area contributed by atoms with Crippen molar-refractivity contribution in [3.05, 3.63) is 65.2 Å². The maximum Gasteiger partial charge on any atom is 0.408 e. The van der Waals surface area contributed by atoms with Crippen molar-refractivity contribution in [3.63, 3.8) is 0 Å². The first-order valence-electron chi connectivity index (χ1n) is 21.4. The second-order valence-electron chi connectivity index (χ2n) is 18.3. The molecule has 3 unspecified atom stereocenters. The van der Waals surface area contributed by atoms with Crippen LogP contribution in [0.15, 0.2) is 42.5 Å². The molecule has 2 aromatic carbocycles. The van der Waals surface area contributed by atoms with Gasteiger partial charge in [0.05, 0.1) is 26.4 Å². The Hall–Kier alpha value is -4.59. The second-order valence-corrected chi connectivity index (χ2v) is 18.3. The van der Waals surface area contributed by atoms with Crippen LogP contribution in [-0.2, 0) is 46.4 Å². The molecule has 2 amide bonds. The highest BCUT2D eigenvalue weighted by Gasteiger charge is 2.36. The fraction of sp³-hybridized carbons (Fsp3) is 0.638. The minimum Gasteiger partial charge on any atom is -0.497 e. The van der Waals surface area contributed by atoms with Gasteiger partial charge < -0.3 is 34.3 Å². The van der Waals surface area contributed by atoms with Crippen molar-refractivity contribution in [2.75, 3.05) is 13.7 Å². The van der Waals surface area contributed by atoms with E-state index in [1.54, 1.807) is 60.8 Å². The van der Waals surface area contributed by atoms with E-state index in [0.717, 1.165) is 49.4 Å². The van der Waals surface area contributed by atoms with E-state index < -0.39 is 70.4 Å². The zero-order valence-corrected chi connectivity index (χ0v) is 38.0. The monoisotopic (exact) mass is 860 g/mol. The molecule has 0 saturated carbocycles. The van der Waals surface area contributed by atoms with Gasteiger partial charge in [0.1, 0.15) is 34.4 Å². The van der Waals surface area contributed by atoms with E-state index in [0.29, 0.717) is 25.0 Å². The third-order valence-electron chi connectivity index (χ3n) is 9.65. The first-order valence-corrected chi connectivity index (χ1v) is 21.4. The average molecular weight is 861 g/mol. The summed E-state index contributed by atoms with van der Waals surface area (Å²) in [6, 6.07) is 8.26. The molecular formula is C47H70F2N2O10. The minimum atomic E-state index is -1.40. The summed E-state index contributed by atoms with van der Waals surface area (Å²) < 4.78 is 56.6. The van der Waals surface area contributed by atoms with Crippen LogP contribution in [0.25, 0.3) is 0 Å². The molecule has 0 bridgehead atoms. The van der Waals surface area contributed by atoms with Crippen LogP contribution in [0.3, 0.4) is 0 Å². The number of nitrogens with one attached hydrogen (secondary N) is 2. The highest BCUT2D eigenvalue weighted by Crippen LogP contribution is 2.30. The number of benzene rings is 2. The number of ketones is 2. The number of hydrogen-bond acceptors (Lipinski definition) is 10. The molecule has 0 radical (unpaired) electrons. The van der Waals surface area contributed by atoms with E-state index in [2.05, 4.69) is 17.6 Å². The number of halogens is 2. The van der Waals surface area contributed by atoms with Gasteiger partial charge in [0.2, 0.25) is 0 Å². The summed E-state index contributed by atoms with van der Waals surface area (Å²) >= 11 is 0. The molecule has 0 aliphatic carbocycles. The Kier molecular flexibility index (Phi) is 21.9. The lowest BCUT2D eigenvalue weighted by molar-refractivity contribution is -0.158. The van der Waals surface area contributed by atoms with Gasteiger partial charge in [-0.25, -0.2) is 18.4 Å². The number of hydrogen-bond donors (Lipinski definition) is 2. The third-order valence-corrected chi connectivity index (χ3v) is 9.65. The number of carbonyl (C=O) groups excluding carboxylic acids is 5. The van der Waals surface area contributed by atoms with Gasteiger partial charge in [-0.05, 0) is 114 Å². The SMILES string of the molecule is CCCCCCCC(=O)OC(C(=O)CCC(C)(C)CCC(=O)CC(Cc1cc(F)ccc1F)NC(=O)OC(C)(C)C)C(COCc1ccc(OC)cc1)NC(=O)OC(C)(C)C. The summed E-state index contributed by atoms with van der Waals surface area (Å²) in [6.45, 7) is 16.0. The van der Waals surface area contributed by atoms with Crippen molar-refractivity contribution < 1.29 is 56.4 Å². The van der Waals surface area contributed by atoms with Crippen LogP contribution in [0.5, 0.6) is 5.75 Å². The fourth-order valence-corrected chi connectivity index (χ4v) is 6.33. The van der Waals surface area contributed by atoms with Crippen molar-refractivity contribution >= 4 is 29.7 Å². The quantitative estimate of drug-likeness (QED) is 0.0531. The van der Waals surface area contributed by atoms with Gasteiger partial charge in [-0.15, -0.1) is 0 Å². The second kappa shape index (κ2) is 25.4. The normalized spacial score (nSPS) is 13.4. The van der Waals surface area contributed by atoms with Crippen molar-refractivity contribution in [1.29, 1.82) is 0 Å². The number of rotatable bonds is 26. The first kappa shape index (κ1) is 52.5. The lowest BCUT2D eigenvalue weighted by Crippen LogP contribution is -2.52. The van der Waals surface area contributed by atoms with Crippen LogP contribution in [-0.4, -0.2) is 72.8 Å². The highest BCUT2D eigenvalue weighted by molar-refractivity contribution is 5.87. The maximum atomic E-state index is 14.6. The molecule has 12 nitrogen and oxygen atoms in total. The summed E-state index contributed by atoms with van der Waals surface area (Å²) in [5, 5.41) is 5.36. The van der Waals surface area contributed by atoms with Gasteiger partial charge in [-0.1, -0.05) is 58.6 Å². The van der Waals surface area contributed by atoms with Crippen LogP contribution >= 0.6 is 0 Å². The van der Waals surface area contributed by atoms with E-state index in [4.69, 9.17) is 23.7 Å². The molecule has 0 spiro atoms. The van der Waals surface area contributed by atoms with E-state index in [-0.39, 0.29) is 56.7 Å². The molecule has 0 saturated heterocycles. The third kappa shape index (κ3) is 22.7. The highest BCUT2D eigenvalue weighted by atomic mass is 19.1. The van der Waals surface area contributed by atoms with Crippen molar-refractivity contribution in [2.45, 2.75) is 175 Å². The van der Waals surface area contributed by atoms with Crippen molar-refractivity contribution in [2.24, 2.45) is 5.41 Å². The molecule has 0 aromatic heterocycles. The zero-order valence-electron chi connectivity index (χ0n) is 38.0. The van der Waals surface area contributed by atoms with Gasteiger partial charge in [0, 0.05) is 31.7 Å². The predicted molar refractivity (Wildman–Crippen MR) is 229 cm³/mol. The predicted octanol–water partition coefficient (Wildman–Crippen LogP) is 9.91. The summed E-state index contributed by atoms with van der Waals surface area (Å²) in [7, 11) is 1.56. The molecule has 342 valence electrons. The number of esters is 1. The number of unbranched alkanes of at least 4 members (excludes halogenated alkanes) is 4. The average Bonchev–Trinajstić information content (AvgIpc) is 3.15. The summed E-state index contributed by atoms with van der Waals surface area (Å²) in [6.07, 6.45) is 1.92. The van der Waals surface area contributed by atoms with Crippen LogP contribution in [0, 0.1) is 17.0 Å². The number of methoxy groups -OCH3 is 1. The Morgan fingerprint density at radius 2 is 1.34 bits per heavy atom. The Morgan fingerprint density at radius 1 is 0.738 bits per heavy atom. The summed E-state index contributed by atoms with van der Waals surface area (Å²) in [5.41, 5.74) is -1.43. The molecule has 61 heavy (non-hydrogen) atoms. The largest absolute Gasteiger partial charge is 0.497 e. The molecular weight excluding hydrogens is 791 g/mol. The van der Waals surface area contributed by atoms with Crippen LogP contribution in [0.1, 0.15) is 144 Å². The number of carbonyl (C=O) groups is 5. The number of alkyl carbamates (subject to hydrolysis) is 2. The van der Waals surface area contributed by atoms with Crippen molar-refractivity contribution in [1.82, 2.24) is 10.6 Å². The van der Waals surface area contributed by atoms with E-state index in [1.165, 1.54) is 0 Å². The molecule has 3 atom stereocenters. The Balaban J connectivity index is 2.23. The van der Waals surface area contributed by atoms with Gasteiger partial charge in [-0.3, -0.25) is 14.4 Å². The first-order chi connectivity index (χ1) is 28.5. The van der Waals surface area contributed by atoms with Gasteiger partial charge >= 0.3 is 18.2 Å². The lowest BCUT2D eigenvalue weighted by atomic mass is 9.81. The van der Waals surface area contributed by atoms with E-state index in [9.17, 15) is 32.8 Å². The van der Waals surface area contributed by atoms with Crippen LogP contribution in [0.4, 0.5) is 18.4 Å². The van der Waals surface area contributed by atoms with Gasteiger partial charge in [0.15, 0.2) is 11.9 Å². The Morgan fingerprint density at radius 3 is 1.95 bits per heavy atom. The molecule has 0 heterocycles. The van der Waals surface area contributed by atoms with E-state index >= 15 is 0 Å². The Labute approximate surface area is 361 Å². The van der Waals surface area contributed by atoms with Crippen LogP contribution in [0.2, 0.25) is 0 Å². The number of ether oxygens (including phenoxy) is 5. The summed E-state index contributed by atoms with van der Waals surface area (Å²) in [5.74, 6) is -1.89. The zero-order chi connectivity index (χ0) is 45.8. The topological polar surface area (TPSA) is 156 Å². The minimum absolute atomic E-state index is 0.00467. The molecule has 2 aromatic rings. The van der Waals surface area contributed by atoms with E-state index in [1.807, 2.05) is 26.0 Å². The Bertz CT molecular complexity index is 1700. The molecule has 2 rings (SSSR count). The lowest BCUT2D eigenvalue weighted by Gasteiger charge is -2.30. The maximum absolute atomic E-state index is 14.6. The molecule has 0 aliphatic heterocycles. The fourth-order valence-electron chi connectivity index (χ4n) is 6.33. The molecule has 2 N–H and O–H groups in total. The van der Waals surface area contributed by atoms with Gasteiger partial charge in [0.25, 0.3) is 0 Å².